The van der Waals surface area contributed by atoms with E-state index in [1.54, 1.807) is 29.1 Å². The van der Waals surface area contributed by atoms with Gasteiger partial charge in [-0.05, 0) is 26.0 Å². The number of hydrogen-bond acceptors (Lipinski definition) is 5. The van der Waals surface area contributed by atoms with E-state index in [4.69, 9.17) is 14.2 Å². The second-order valence-electron chi connectivity index (χ2n) is 4.95. The molecule has 1 aromatic heterocycles. The van der Waals surface area contributed by atoms with Crippen LogP contribution in [0, 0.1) is 0 Å². The van der Waals surface area contributed by atoms with E-state index in [0.717, 1.165) is 0 Å². The van der Waals surface area contributed by atoms with E-state index in [2.05, 4.69) is 10.4 Å². The highest BCUT2D eigenvalue weighted by Gasteiger charge is 2.19. The Hall–Kier alpha value is -2.70. The molecular weight excluding hydrogens is 298 g/mol. The van der Waals surface area contributed by atoms with Gasteiger partial charge in [0, 0.05) is 24.5 Å². The van der Waals surface area contributed by atoms with Crippen LogP contribution in [0.2, 0.25) is 0 Å². The fraction of sp³-hybridized carbons (Fsp3) is 0.375. The van der Waals surface area contributed by atoms with Crippen molar-refractivity contribution in [2.45, 2.75) is 20.4 Å². The monoisotopic (exact) mass is 317 g/mol. The van der Waals surface area contributed by atoms with Crippen molar-refractivity contribution in [1.82, 2.24) is 9.78 Å². The summed E-state index contributed by atoms with van der Waals surface area (Å²) in [5, 5.41) is 7.08. The normalized spacial score (nSPS) is 12.8. The predicted octanol–water partition coefficient (Wildman–Crippen LogP) is 2.33. The highest BCUT2D eigenvalue weighted by molar-refractivity contribution is 6.05. The standard InChI is InChI=1S/C16H19N3O4/c1-3-19-10-12(16(18-19)21-4-2)15(20)17-11-5-6-13-14(9-11)23-8-7-22-13/h5-6,9-10H,3-4,7-8H2,1-2H3,(H,17,20). The Morgan fingerprint density at radius 2 is 2.09 bits per heavy atom. The van der Waals surface area contributed by atoms with Gasteiger partial charge in [0.2, 0.25) is 5.88 Å². The number of anilines is 1. The zero-order chi connectivity index (χ0) is 16.2. The quantitative estimate of drug-likeness (QED) is 0.916. The first-order chi connectivity index (χ1) is 11.2. The molecule has 0 spiro atoms. The molecule has 0 saturated carbocycles. The number of rotatable bonds is 5. The second kappa shape index (κ2) is 6.60. The molecule has 2 aromatic rings. The SMILES string of the molecule is CCOc1nn(CC)cc1C(=O)Nc1ccc2c(c1)OCCO2. The molecule has 0 aliphatic carbocycles. The molecule has 1 aliphatic rings. The van der Waals surface area contributed by atoms with Crippen LogP contribution in [0.25, 0.3) is 0 Å². The van der Waals surface area contributed by atoms with Crippen LogP contribution in [-0.4, -0.2) is 35.5 Å². The summed E-state index contributed by atoms with van der Waals surface area (Å²) in [6.07, 6.45) is 1.68. The Bertz CT molecular complexity index is 711. The van der Waals surface area contributed by atoms with Gasteiger partial charge in [0.1, 0.15) is 18.8 Å². The zero-order valence-electron chi connectivity index (χ0n) is 13.2. The molecule has 122 valence electrons. The van der Waals surface area contributed by atoms with Gasteiger partial charge in [-0.1, -0.05) is 0 Å². The second-order valence-corrected chi connectivity index (χ2v) is 4.95. The molecule has 0 saturated heterocycles. The molecule has 1 aromatic carbocycles. The first-order valence-corrected chi connectivity index (χ1v) is 7.62. The topological polar surface area (TPSA) is 74.6 Å². The largest absolute Gasteiger partial charge is 0.486 e. The first kappa shape index (κ1) is 15.2. The summed E-state index contributed by atoms with van der Waals surface area (Å²) in [5.41, 5.74) is 1.04. The van der Waals surface area contributed by atoms with E-state index >= 15 is 0 Å². The number of fused-ring (bicyclic) bond motifs is 1. The van der Waals surface area contributed by atoms with Gasteiger partial charge in [0.25, 0.3) is 5.91 Å². The molecule has 7 heteroatoms. The Morgan fingerprint density at radius 3 is 2.83 bits per heavy atom. The molecule has 0 fully saturated rings. The molecule has 3 rings (SSSR count). The minimum absolute atomic E-state index is 0.273. The van der Waals surface area contributed by atoms with Crippen LogP contribution in [-0.2, 0) is 6.54 Å². The Balaban J connectivity index is 1.80. The number of hydrogen-bond donors (Lipinski definition) is 1. The molecule has 1 N–H and O–H groups in total. The third kappa shape index (κ3) is 3.23. The Labute approximate surface area is 134 Å². The minimum Gasteiger partial charge on any atom is -0.486 e. The summed E-state index contributed by atoms with van der Waals surface area (Å²) in [6, 6.07) is 5.30. The highest BCUT2D eigenvalue weighted by atomic mass is 16.6. The fourth-order valence-corrected chi connectivity index (χ4v) is 2.28. The molecule has 0 bridgehead atoms. The summed E-state index contributed by atoms with van der Waals surface area (Å²) in [6.45, 7) is 5.95. The lowest BCUT2D eigenvalue weighted by molar-refractivity contribution is 0.102. The van der Waals surface area contributed by atoms with E-state index in [0.29, 0.717) is 55.0 Å². The van der Waals surface area contributed by atoms with Crippen molar-refractivity contribution < 1.29 is 19.0 Å². The summed E-state index contributed by atoms with van der Waals surface area (Å²) in [4.78, 5) is 12.5. The number of benzene rings is 1. The zero-order valence-corrected chi connectivity index (χ0v) is 13.2. The lowest BCUT2D eigenvalue weighted by Gasteiger charge is -2.18. The van der Waals surface area contributed by atoms with E-state index in [1.165, 1.54) is 0 Å². The lowest BCUT2D eigenvalue weighted by atomic mass is 10.2. The maximum Gasteiger partial charge on any atom is 0.262 e. The highest BCUT2D eigenvalue weighted by Crippen LogP contribution is 2.32. The van der Waals surface area contributed by atoms with Crippen molar-refractivity contribution in [2.75, 3.05) is 25.1 Å². The summed E-state index contributed by atoms with van der Waals surface area (Å²) < 4.78 is 18.1. The fourth-order valence-electron chi connectivity index (χ4n) is 2.28. The van der Waals surface area contributed by atoms with Crippen LogP contribution < -0.4 is 19.5 Å². The molecular formula is C16H19N3O4. The van der Waals surface area contributed by atoms with Crippen molar-refractivity contribution in [1.29, 1.82) is 0 Å². The van der Waals surface area contributed by atoms with Gasteiger partial charge in [-0.3, -0.25) is 9.48 Å². The summed E-state index contributed by atoms with van der Waals surface area (Å²) >= 11 is 0. The maximum absolute atomic E-state index is 12.5. The molecule has 1 aliphatic heterocycles. The predicted molar refractivity (Wildman–Crippen MR) is 84.5 cm³/mol. The van der Waals surface area contributed by atoms with Crippen molar-refractivity contribution in [2.24, 2.45) is 0 Å². The number of amides is 1. The molecule has 0 unspecified atom stereocenters. The smallest absolute Gasteiger partial charge is 0.262 e. The Kier molecular flexibility index (Phi) is 4.36. The summed E-state index contributed by atoms with van der Waals surface area (Å²) in [5.74, 6) is 1.38. The number of aryl methyl sites for hydroxylation is 1. The van der Waals surface area contributed by atoms with Gasteiger partial charge in [0.15, 0.2) is 11.5 Å². The average Bonchev–Trinajstić information content (AvgIpc) is 2.98. The average molecular weight is 317 g/mol. The van der Waals surface area contributed by atoms with Crippen molar-refractivity contribution in [3.05, 3.63) is 30.0 Å². The third-order valence-electron chi connectivity index (χ3n) is 3.38. The van der Waals surface area contributed by atoms with Crippen LogP contribution in [0.4, 0.5) is 5.69 Å². The van der Waals surface area contributed by atoms with Crippen molar-refractivity contribution in [3.63, 3.8) is 0 Å². The molecule has 0 atom stereocenters. The van der Waals surface area contributed by atoms with E-state index in [1.807, 2.05) is 13.8 Å². The number of carbonyl (C=O) groups is 1. The van der Waals surface area contributed by atoms with Gasteiger partial charge >= 0.3 is 0 Å². The van der Waals surface area contributed by atoms with E-state index in [-0.39, 0.29) is 5.91 Å². The Morgan fingerprint density at radius 1 is 1.30 bits per heavy atom. The van der Waals surface area contributed by atoms with Crippen LogP contribution in [0.5, 0.6) is 17.4 Å². The van der Waals surface area contributed by atoms with Gasteiger partial charge < -0.3 is 19.5 Å². The summed E-state index contributed by atoms with van der Waals surface area (Å²) in [7, 11) is 0. The molecule has 2 heterocycles. The van der Waals surface area contributed by atoms with Crippen molar-refractivity contribution in [3.8, 4) is 17.4 Å². The number of ether oxygens (including phenoxy) is 3. The van der Waals surface area contributed by atoms with Crippen LogP contribution in [0.1, 0.15) is 24.2 Å². The van der Waals surface area contributed by atoms with Gasteiger partial charge in [-0.15, -0.1) is 5.10 Å². The van der Waals surface area contributed by atoms with Crippen molar-refractivity contribution >= 4 is 11.6 Å². The van der Waals surface area contributed by atoms with Crippen LogP contribution >= 0.6 is 0 Å². The number of carbonyl (C=O) groups excluding carboxylic acids is 1. The molecule has 1 amide bonds. The third-order valence-corrected chi connectivity index (χ3v) is 3.38. The first-order valence-electron chi connectivity index (χ1n) is 7.62. The molecule has 7 nitrogen and oxygen atoms in total. The number of nitrogens with zero attached hydrogens (tertiary/aromatic N) is 2. The van der Waals surface area contributed by atoms with Gasteiger partial charge in [-0.2, -0.15) is 0 Å². The number of nitrogens with one attached hydrogen (secondary N) is 1. The maximum atomic E-state index is 12.5. The van der Waals surface area contributed by atoms with E-state index < -0.39 is 0 Å². The van der Waals surface area contributed by atoms with Crippen LogP contribution in [0.3, 0.4) is 0 Å². The minimum atomic E-state index is -0.273. The van der Waals surface area contributed by atoms with Gasteiger partial charge in [0.05, 0.1) is 6.61 Å². The van der Waals surface area contributed by atoms with E-state index in [9.17, 15) is 4.79 Å². The van der Waals surface area contributed by atoms with Crippen LogP contribution in [0.15, 0.2) is 24.4 Å². The molecule has 23 heavy (non-hydrogen) atoms. The molecule has 0 radical (unpaired) electrons. The van der Waals surface area contributed by atoms with Gasteiger partial charge in [-0.25, -0.2) is 0 Å². The lowest BCUT2D eigenvalue weighted by Crippen LogP contribution is -2.16. The number of aromatic nitrogens is 2.